The number of aryl methyl sites for hydroxylation is 1. The molecule has 18 heavy (non-hydrogen) atoms. The van der Waals surface area contributed by atoms with Crippen molar-refractivity contribution in [1.29, 1.82) is 0 Å². The van der Waals surface area contributed by atoms with Crippen molar-refractivity contribution in [2.24, 2.45) is 0 Å². The van der Waals surface area contributed by atoms with Crippen LogP contribution in [0, 0.1) is 6.92 Å². The lowest BCUT2D eigenvalue weighted by Crippen LogP contribution is -2.19. The topological polar surface area (TPSA) is 29.9 Å². The van der Waals surface area contributed by atoms with Crippen molar-refractivity contribution in [2.75, 3.05) is 6.54 Å². The molecule has 0 amide bonds. The molecule has 0 radical (unpaired) electrons. The summed E-state index contributed by atoms with van der Waals surface area (Å²) in [6.07, 6.45) is 5.02. The normalized spacial score (nSPS) is 12.6. The second-order valence-corrected chi connectivity index (χ2v) is 4.57. The minimum absolute atomic E-state index is 0.448. The maximum atomic E-state index is 4.32. The largest absolute Gasteiger partial charge is 0.310 e. The molecule has 0 aliphatic rings. The Bertz CT molecular complexity index is 485. The molecule has 0 saturated heterocycles. The molecule has 1 heterocycles. The van der Waals surface area contributed by atoms with E-state index in [-0.39, 0.29) is 0 Å². The first-order valence-corrected chi connectivity index (χ1v) is 6.59. The van der Waals surface area contributed by atoms with Gasteiger partial charge in [0.2, 0.25) is 0 Å². The molecule has 96 valence electrons. The molecular weight excluding hydrogens is 222 g/mol. The van der Waals surface area contributed by atoms with Crippen LogP contribution in [0.25, 0.3) is 5.69 Å². The van der Waals surface area contributed by atoms with E-state index in [1.807, 2.05) is 17.1 Å². The van der Waals surface area contributed by atoms with Crippen molar-refractivity contribution >= 4 is 0 Å². The molecule has 0 aliphatic heterocycles. The first-order chi connectivity index (χ1) is 8.74. The smallest absolute Gasteiger partial charge is 0.0645 e. The van der Waals surface area contributed by atoms with Crippen LogP contribution in [0.4, 0.5) is 0 Å². The molecule has 0 spiro atoms. The summed E-state index contributed by atoms with van der Waals surface area (Å²) in [5.41, 5.74) is 3.63. The third-order valence-electron chi connectivity index (χ3n) is 3.13. The number of benzene rings is 1. The minimum atomic E-state index is 0.448. The van der Waals surface area contributed by atoms with Crippen LogP contribution in [-0.4, -0.2) is 16.3 Å². The van der Waals surface area contributed by atoms with Gasteiger partial charge in [-0.25, -0.2) is 4.68 Å². The molecule has 0 aliphatic carbocycles. The van der Waals surface area contributed by atoms with E-state index in [0.717, 1.165) is 18.7 Å². The van der Waals surface area contributed by atoms with Gasteiger partial charge in [-0.1, -0.05) is 26.0 Å². The van der Waals surface area contributed by atoms with Gasteiger partial charge in [0, 0.05) is 12.2 Å². The number of nitrogens with one attached hydrogen (secondary N) is 1. The average Bonchev–Trinajstić information content (AvgIpc) is 2.83. The Morgan fingerprint density at radius 1 is 1.22 bits per heavy atom. The lowest BCUT2D eigenvalue weighted by Gasteiger charge is -2.16. The van der Waals surface area contributed by atoms with Crippen LogP contribution in [0.1, 0.15) is 37.4 Å². The molecule has 1 unspecified atom stereocenters. The van der Waals surface area contributed by atoms with Crippen molar-refractivity contribution in [3.63, 3.8) is 0 Å². The van der Waals surface area contributed by atoms with Crippen molar-refractivity contribution in [3.8, 4) is 5.69 Å². The van der Waals surface area contributed by atoms with E-state index in [1.54, 1.807) is 0 Å². The lowest BCUT2D eigenvalue weighted by molar-refractivity contribution is 0.537. The highest BCUT2D eigenvalue weighted by molar-refractivity contribution is 5.35. The van der Waals surface area contributed by atoms with Gasteiger partial charge in [0.25, 0.3) is 0 Å². The van der Waals surface area contributed by atoms with Gasteiger partial charge < -0.3 is 5.32 Å². The molecule has 3 nitrogen and oxygen atoms in total. The van der Waals surface area contributed by atoms with E-state index in [4.69, 9.17) is 0 Å². The quantitative estimate of drug-likeness (QED) is 0.873. The Hall–Kier alpha value is -1.61. The summed E-state index contributed by atoms with van der Waals surface area (Å²) >= 11 is 0. The zero-order valence-corrected chi connectivity index (χ0v) is 11.4. The molecule has 1 N–H and O–H groups in total. The summed E-state index contributed by atoms with van der Waals surface area (Å²) in [4.78, 5) is 0. The molecule has 2 rings (SSSR count). The molecule has 2 aromatic rings. The van der Waals surface area contributed by atoms with Crippen LogP contribution in [-0.2, 0) is 0 Å². The second-order valence-electron chi connectivity index (χ2n) is 4.57. The zero-order chi connectivity index (χ0) is 13.0. The summed E-state index contributed by atoms with van der Waals surface area (Å²) < 4.78 is 1.91. The van der Waals surface area contributed by atoms with Gasteiger partial charge in [-0.2, -0.15) is 5.10 Å². The summed E-state index contributed by atoms with van der Waals surface area (Å²) in [5, 5.41) is 7.81. The van der Waals surface area contributed by atoms with Crippen LogP contribution < -0.4 is 5.32 Å². The molecular formula is C15H21N3. The monoisotopic (exact) mass is 243 g/mol. The van der Waals surface area contributed by atoms with Crippen LogP contribution in [0.15, 0.2) is 36.7 Å². The zero-order valence-electron chi connectivity index (χ0n) is 11.4. The van der Waals surface area contributed by atoms with Crippen molar-refractivity contribution in [2.45, 2.75) is 33.2 Å². The highest BCUT2D eigenvalue weighted by Gasteiger charge is 2.07. The highest BCUT2D eigenvalue weighted by atomic mass is 15.3. The maximum absolute atomic E-state index is 4.32. The molecule has 3 heteroatoms. The van der Waals surface area contributed by atoms with E-state index < -0.39 is 0 Å². The van der Waals surface area contributed by atoms with Crippen molar-refractivity contribution in [3.05, 3.63) is 47.8 Å². The van der Waals surface area contributed by atoms with E-state index in [0.29, 0.717) is 6.04 Å². The summed E-state index contributed by atoms with van der Waals surface area (Å²) in [6, 6.07) is 9.07. The van der Waals surface area contributed by atoms with Crippen LogP contribution in [0.5, 0.6) is 0 Å². The second kappa shape index (κ2) is 5.83. The van der Waals surface area contributed by atoms with Gasteiger partial charge in [-0.05, 0) is 43.1 Å². The van der Waals surface area contributed by atoms with E-state index in [2.05, 4.69) is 55.5 Å². The fourth-order valence-electron chi connectivity index (χ4n) is 2.16. The summed E-state index contributed by atoms with van der Waals surface area (Å²) in [7, 11) is 0. The van der Waals surface area contributed by atoms with Crippen LogP contribution >= 0.6 is 0 Å². The molecule has 1 aromatic heterocycles. The number of nitrogens with zero attached hydrogens (tertiary/aromatic N) is 2. The number of hydrogen-bond donors (Lipinski definition) is 1. The van der Waals surface area contributed by atoms with E-state index in [1.165, 1.54) is 11.1 Å². The SMILES string of the molecule is CCNC(CC)c1ccc(-n2cc(C)cn2)cc1. The van der Waals surface area contributed by atoms with Gasteiger partial charge in [0.15, 0.2) is 0 Å². The third-order valence-corrected chi connectivity index (χ3v) is 3.13. The predicted molar refractivity (Wildman–Crippen MR) is 75.0 cm³/mol. The van der Waals surface area contributed by atoms with E-state index in [9.17, 15) is 0 Å². The highest BCUT2D eigenvalue weighted by Crippen LogP contribution is 2.18. The Balaban J connectivity index is 2.19. The van der Waals surface area contributed by atoms with Gasteiger partial charge in [0.05, 0.1) is 11.9 Å². The van der Waals surface area contributed by atoms with Crippen molar-refractivity contribution < 1.29 is 0 Å². The van der Waals surface area contributed by atoms with E-state index >= 15 is 0 Å². The Morgan fingerprint density at radius 3 is 2.44 bits per heavy atom. The third kappa shape index (κ3) is 2.79. The predicted octanol–water partition coefficient (Wildman–Crippen LogP) is 3.24. The van der Waals surface area contributed by atoms with Crippen molar-refractivity contribution in [1.82, 2.24) is 15.1 Å². The Morgan fingerprint density at radius 2 is 1.94 bits per heavy atom. The molecule has 0 bridgehead atoms. The molecule has 1 aromatic carbocycles. The standard InChI is InChI=1S/C15H21N3/c1-4-15(16-5-2)13-6-8-14(9-7-13)18-11-12(3)10-17-18/h6-11,15-16H,4-5H2,1-3H3. The van der Waals surface area contributed by atoms with Crippen LogP contribution in [0.2, 0.25) is 0 Å². The lowest BCUT2D eigenvalue weighted by atomic mass is 10.0. The molecule has 0 saturated carbocycles. The van der Waals surface area contributed by atoms with Gasteiger partial charge in [-0.15, -0.1) is 0 Å². The fourth-order valence-corrected chi connectivity index (χ4v) is 2.16. The van der Waals surface area contributed by atoms with Gasteiger partial charge in [0.1, 0.15) is 0 Å². The van der Waals surface area contributed by atoms with Crippen LogP contribution in [0.3, 0.4) is 0 Å². The number of hydrogen-bond acceptors (Lipinski definition) is 2. The molecule has 1 atom stereocenters. The maximum Gasteiger partial charge on any atom is 0.0645 e. The first-order valence-electron chi connectivity index (χ1n) is 6.59. The Labute approximate surface area is 109 Å². The summed E-state index contributed by atoms with van der Waals surface area (Å²) in [6.45, 7) is 7.40. The fraction of sp³-hybridized carbons (Fsp3) is 0.400. The number of rotatable bonds is 5. The number of aromatic nitrogens is 2. The summed E-state index contributed by atoms with van der Waals surface area (Å²) in [5.74, 6) is 0. The molecule has 0 fully saturated rings. The Kier molecular flexibility index (Phi) is 4.15. The first kappa shape index (κ1) is 12.8. The minimum Gasteiger partial charge on any atom is -0.310 e. The van der Waals surface area contributed by atoms with Gasteiger partial charge >= 0.3 is 0 Å². The van der Waals surface area contributed by atoms with Gasteiger partial charge in [-0.3, -0.25) is 0 Å². The average molecular weight is 243 g/mol.